The van der Waals surface area contributed by atoms with Gasteiger partial charge in [-0.3, -0.25) is 9.48 Å². The van der Waals surface area contributed by atoms with Crippen LogP contribution in [0, 0.1) is 6.92 Å². The molecule has 0 spiro atoms. The minimum Gasteiger partial charge on any atom is -0.319 e. The van der Waals surface area contributed by atoms with E-state index < -0.39 is 0 Å². The predicted molar refractivity (Wildman–Crippen MR) is 67.0 cm³/mol. The maximum absolute atomic E-state index is 12.0. The lowest BCUT2D eigenvalue weighted by Gasteiger charge is -2.05. The molecule has 0 radical (unpaired) electrons. The molecule has 2 aromatic rings. The zero-order valence-electron chi connectivity index (χ0n) is 9.97. The van der Waals surface area contributed by atoms with E-state index in [2.05, 4.69) is 10.4 Å². The number of nitrogens with zero attached hydrogens (tertiary/aromatic N) is 2. The third-order valence-corrected chi connectivity index (χ3v) is 2.60. The van der Waals surface area contributed by atoms with Gasteiger partial charge in [0.05, 0.1) is 11.9 Å². The van der Waals surface area contributed by atoms with Crippen molar-refractivity contribution in [3.05, 3.63) is 47.8 Å². The van der Waals surface area contributed by atoms with Gasteiger partial charge >= 0.3 is 0 Å². The molecule has 0 saturated carbocycles. The van der Waals surface area contributed by atoms with Crippen LogP contribution in [0.4, 0.5) is 5.69 Å². The molecule has 1 N–H and O–H groups in total. The molecule has 0 aliphatic rings. The minimum atomic E-state index is -0.0984. The Morgan fingerprint density at radius 3 is 2.82 bits per heavy atom. The van der Waals surface area contributed by atoms with Gasteiger partial charge in [-0.25, -0.2) is 0 Å². The number of aryl methyl sites for hydroxylation is 2. The Balaban J connectivity index is 2.14. The second kappa shape index (κ2) is 4.82. The lowest BCUT2D eigenvalue weighted by Crippen LogP contribution is -2.12. The molecule has 4 heteroatoms. The molecule has 0 bridgehead atoms. The molecule has 1 aromatic heterocycles. The van der Waals surface area contributed by atoms with Gasteiger partial charge in [0.2, 0.25) is 0 Å². The average Bonchev–Trinajstić information content (AvgIpc) is 2.77. The highest BCUT2D eigenvalue weighted by molar-refractivity contribution is 6.05. The van der Waals surface area contributed by atoms with E-state index >= 15 is 0 Å². The first-order valence-corrected chi connectivity index (χ1v) is 5.60. The molecule has 1 heterocycles. The van der Waals surface area contributed by atoms with E-state index in [1.807, 2.05) is 44.3 Å². The highest BCUT2D eigenvalue weighted by Gasteiger charge is 2.09. The fourth-order valence-electron chi connectivity index (χ4n) is 1.63. The molecular weight excluding hydrogens is 214 g/mol. The van der Waals surface area contributed by atoms with E-state index in [9.17, 15) is 4.79 Å². The summed E-state index contributed by atoms with van der Waals surface area (Å²) in [5.74, 6) is -0.0984. The van der Waals surface area contributed by atoms with Gasteiger partial charge in [0.15, 0.2) is 0 Å². The molecule has 0 unspecified atom stereocenters. The van der Waals surface area contributed by atoms with Crippen molar-refractivity contribution in [1.82, 2.24) is 9.78 Å². The van der Waals surface area contributed by atoms with Crippen LogP contribution in [0.1, 0.15) is 22.8 Å². The number of carbonyl (C=O) groups is 1. The number of rotatable bonds is 3. The summed E-state index contributed by atoms with van der Waals surface area (Å²) in [5.41, 5.74) is 2.38. The molecule has 0 fully saturated rings. The summed E-state index contributed by atoms with van der Waals surface area (Å²) >= 11 is 0. The molecule has 0 aliphatic carbocycles. The molecule has 88 valence electrons. The third-order valence-electron chi connectivity index (χ3n) is 2.60. The van der Waals surface area contributed by atoms with E-state index in [1.165, 1.54) is 0 Å². The number of amides is 1. The summed E-state index contributed by atoms with van der Waals surface area (Å²) < 4.78 is 1.77. The topological polar surface area (TPSA) is 46.9 Å². The minimum absolute atomic E-state index is 0.0984. The Morgan fingerprint density at radius 2 is 2.18 bits per heavy atom. The van der Waals surface area contributed by atoms with Crippen LogP contribution in [-0.2, 0) is 6.54 Å². The molecule has 2 rings (SSSR count). The normalized spacial score (nSPS) is 10.2. The maximum Gasteiger partial charge on any atom is 0.256 e. The third kappa shape index (κ3) is 2.53. The second-order valence-corrected chi connectivity index (χ2v) is 3.85. The lowest BCUT2D eigenvalue weighted by atomic mass is 10.1. The van der Waals surface area contributed by atoms with E-state index in [1.54, 1.807) is 10.9 Å². The molecule has 0 saturated heterocycles. The number of carbonyl (C=O) groups excluding carboxylic acids is 1. The SMILES string of the molecule is CCn1cc(NC(=O)c2ccccc2C)cn1. The highest BCUT2D eigenvalue weighted by Crippen LogP contribution is 2.11. The summed E-state index contributed by atoms with van der Waals surface area (Å²) in [6, 6.07) is 7.51. The quantitative estimate of drug-likeness (QED) is 0.878. The monoisotopic (exact) mass is 229 g/mol. The van der Waals surface area contributed by atoms with Gasteiger partial charge in [0.1, 0.15) is 0 Å². The van der Waals surface area contributed by atoms with Crippen LogP contribution in [-0.4, -0.2) is 15.7 Å². The number of aromatic nitrogens is 2. The molecule has 0 aliphatic heterocycles. The van der Waals surface area contributed by atoms with Crippen LogP contribution in [0.15, 0.2) is 36.7 Å². The summed E-state index contributed by atoms with van der Waals surface area (Å²) in [6.07, 6.45) is 3.47. The summed E-state index contributed by atoms with van der Waals surface area (Å²) in [7, 11) is 0. The van der Waals surface area contributed by atoms with Crippen molar-refractivity contribution in [3.63, 3.8) is 0 Å². The van der Waals surface area contributed by atoms with Gasteiger partial charge in [-0.2, -0.15) is 5.10 Å². The average molecular weight is 229 g/mol. The van der Waals surface area contributed by atoms with Gasteiger partial charge in [-0.15, -0.1) is 0 Å². The number of nitrogens with one attached hydrogen (secondary N) is 1. The number of hydrogen-bond acceptors (Lipinski definition) is 2. The zero-order valence-corrected chi connectivity index (χ0v) is 9.97. The van der Waals surface area contributed by atoms with Gasteiger partial charge < -0.3 is 5.32 Å². The first-order valence-electron chi connectivity index (χ1n) is 5.60. The van der Waals surface area contributed by atoms with E-state index in [-0.39, 0.29) is 5.91 Å². The van der Waals surface area contributed by atoms with Crippen molar-refractivity contribution in [2.45, 2.75) is 20.4 Å². The fourth-order valence-corrected chi connectivity index (χ4v) is 1.63. The second-order valence-electron chi connectivity index (χ2n) is 3.85. The van der Waals surface area contributed by atoms with Crippen LogP contribution in [0.5, 0.6) is 0 Å². The highest BCUT2D eigenvalue weighted by atomic mass is 16.1. The number of benzene rings is 1. The van der Waals surface area contributed by atoms with E-state index in [0.717, 1.165) is 17.8 Å². The molecule has 1 amide bonds. The smallest absolute Gasteiger partial charge is 0.256 e. The fraction of sp³-hybridized carbons (Fsp3) is 0.231. The molecule has 1 aromatic carbocycles. The summed E-state index contributed by atoms with van der Waals surface area (Å²) in [5, 5.41) is 6.94. The Kier molecular flexibility index (Phi) is 3.23. The zero-order chi connectivity index (χ0) is 12.3. The first kappa shape index (κ1) is 11.4. The van der Waals surface area contributed by atoms with Crippen LogP contribution in [0.2, 0.25) is 0 Å². The van der Waals surface area contributed by atoms with Gasteiger partial charge in [-0.05, 0) is 25.5 Å². The van der Waals surface area contributed by atoms with E-state index in [4.69, 9.17) is 0 Å². The molecular formula is C13H15N3O. The Morgan fingerprint density at radius 1 is 1.41 bits per heavy atom. The summed E-state index contributed by atoms with van der Waals surface area (Å²) in [4.78, 5) is 12.0. The van der Waals surface area contributed by atoms with Crippen molar-refractivity contribution in [1.29, 1.82) is 0 Å². The predicted octanol–water partition coefficient (Wildman–Crippen LogP) is 2.46. The largest absolute Gasteiger partial charge is 0.319 e. The van der Waals surface area contributed by atoms with Gasteiger partial charge in [0, 0.05) is 18.3 Å². The Bertz CT molecular complexity index is 531. The van der Waals surface area contributed by atoms with E-state index in [0.29, 0.717) is 5.56 Å². The number of hydrogen-bond donors (Lipinski definition) is 1. The Labute approximate surface area is 100 Å². The van der Waals surface area contributed by atoms with Crippen LogP contribution in [0.3, 0.4) is 0 Å². The molecule has 4 nitrogen and oxygen atoms in total. The van der Waals surface area contributed by atoms with Crippen molar-refractivity contribution < 1.29 is 4.79 Å². The van der Waals surface area contributed by atoms with Crippen molar-refractivity contribution in [2.24, 2.45) is 0 Å². The van der Waals surface area contributed by atoms with Gasteiger partial charge in [0.25, 0.3) is 5.91 Å². The maximum atomic E-state index is 12.0. The number of anilines is 1. The van der Waals surface area contributed by atoms with Crippen molar-refractivity contribution >= 4 is 11.6 Å². The Hall–Kier alpha value is -2.10. The van der Waals surface area contributed by atoms with Gasteiger partial charge in [-0.1, -0.05) is 18.2 Å². The lowest BCUT2D eigenvalue weighted by molar-refractivity contribution is 0.102. The molecule has 0 atom stereocenters. The van der Waals surface area contributed by atoms with Crippen LogP contribution < -0.4 is 5.32 Å². The van der Waals surface area contributed by atoms with Crippen molar-refractivity contribution in [3.8, 4) is 0 Å². The van der Waals surface area contributed by atoms with Crippen LogP contribution in [0.25, 0.3) is 0 Å². The van der Waals surface area contributed by atoms with Crippen LogP contribution >= 0.6 is 0 Å². The van der Waals surface area contributed by atoms with Crippen molar-refractivity contribution in [2.75, 3.05) is 5.32 Å². The first-order chi connectivity index (χ1) is 8.20. The summed E-state index contributed by atoms with van der Waals surface area (Å²) in [6.45, 7) is 4.71. The standard InChI is InChI=1S/C13H15N3O/c1-3-16-9-11(8-14-16)15-13(17)12-7-5-4-6-10(12)2/h4-9H,3H2,1-2H3,(H,15,17). The molecule has 17 heavy (non-hydrogen) atoms.